The molecule has 0 aliphatic carbocycles. The molecule has 0 spiro atoms. The molecule has 31 heavy (non-hydrogen) atoms. The summed E-state index contributed by atoms with van der Waals surface area (Å²) in [5.41, 5.74) is -0.563. The number of carbonyl (C=O) groups is 1. The normalized spacial score (nSPS) is 10.9. The van der Waals surface area contributed by atoms with E-state index in [2.05, 4.69) is 10.0 Å². The number of ether oxygens (including phenoxy) is 1. The number of para-hydroxylation sites is 1. The van der Waals surface area contributed by atoms with Crippen LogP contribution in [0.25, 0.3) is 0 Å². The number of methoxy groups -OCH3 is 1. The van der Waals surface area contributed by atoms with Gasteiger partial charge in [-0.1, -0.05) is 18.2 Å². The number of non-ortho nitro benzene ring substituents is 1. The summed E-state index contributed by atoms with van der Waals surface area (Å²) in [5.74, 6) is -1.28. The Morgan fingerprint density at radius 3 is 2.45 bits per heavy atom. The molecule has 3 aromatic carbocycles. The van der Waals surface area contributed by atoms with E-state index in [0.717, 1.165) is 12.1 Å². The molecule has 3 rings (SSSR count). The van der Waals surface area contributed by atoms with Gasteiger partial charge in [-0.3, -0.25) is 19.6 Å². The molecule has 2 N–H and O–H groups in total. The maximum absolute atomic E-state index is 13.8. The number of nitrogens with one attached hydrogen (secondary N) is 2. The number of nitrogens with zero attached hydrogens (tertiary/aromatic N) is 1. The van der Waals surface area contributed by atoms with Crippen LogP contribution in [0.2, 0.25) is 0 Å². The highest BCUT2D eigenvalue weighted by molar-refractivity contribution is 7.92. The van der Waals surface area contributed by atoms with Gasteiger partial charge in [-0.2, -0.15) is 0 Å². The van der Waals surface area contributed by atoms with Gasteiger partial charge < -0.3 is 10.1 Å². The maximum atomic E-state index is 13.8. The van der Waals surface area contributed by atoms with E-state index < -0.39 is 26.7 Å². The third kappa shape index (κ3) is 4.95. The Hall–Kier alpha value is -3.99. The van der Waals surface area contributed by atoms with Gasteiger partial charge in [-0.15, -0.1) is 0 Å². The molecular formula is C20H16FN3O6S. The van der Waals surface area contributed by atoms with Gasteiger partial charge >= 0.3 is 0 Å². The molecule has 0 fully saturated rings. The molecule has 0 saturated carbocycles. The number of carbonyl (C=O) groups excluding carboxylic acids is 1. The Balaban J connectivity index is 1.89. The van der Waals surface area contributed by atoms with Crippen LogP contribution in [0.15, 0.2) is 71.6 Å². The number of amides is 1. The van der Waals surface area contributed by atoms with E-state index in [4.69, 9.17) is 4.74 Å². The predicted molar refractivity (Wildman–Crippen MR) is 111 cm³/mol. The van der Waals surface area contributed by atoms with Crippen molar-refractivity contribution in [2.24, 2.45) is 0 Å². The first-order valence-electron chi connectivity index (χ1n) is 8.72. The van der Waals surface area contributed by atoms with Crippen molar-refractivity contribution in [3.05, 3.63) is 88.2 Å². The Labute approximate surface area is 176 Å². The Kier molecular flexibility index (Phi) is 6.16. The average molecular weight is 445 g/mol. The first-order chi connectivity index (χ1) is 14.7. The fraction of sp³-hybridized carbons (Fsp3) is 0.0500. The third-order valence-electron chi connectivity index (χ3n) is 4.17. The van der Waals surface area contributed by atoms with E-state index in [1.54, 1.807) is 0 Å². The van der Waals surface area contributed by atoms with Crippen LogP contribution in [0.1, 0.15) is 10.4 Å². The minimum absolute atomic E-state index is 0.0304. The van der Waals surface area contributed by atoms with Crippen molar-refractivity contribution >= 4 is 33.0 Å². The highest BCUT2D eigenvalue weighted by Gasteiger charge is 2.21. The summed E-state index contributed by atoms with van der Waals surface area (Å²) in [5, 5.41) is 13.4. The van der Waals surface area contributed by atoms with Crippen LogP contribution in [0, 0.1) is 15.9 Å². The largest absolute Gasteiger partial charge is 0.495 e. The molecular weight excluding hydrogens is 429 g/mol. The first kappa shape index (κ1) is 21.7. The molecule has 3 aromatic rings. The Morgan fingerprint density at radius 2 is 1.77 bits per heavy atom. The van der Waals surface area contributed by atoms with E-state index in [-0.39, 0.29) is 33.3 Å². The lowest BCUT2D eigenvalue weighted by Crippen LogP contribution is -2.16. The van der Waals surface area contributed by atoms with Crippen molar-refractivity contribution in [3.8, 4) is 5.75 Å². The lowest BCUT2D eigenvalue weighted by Gasteiger charge is -2.12. The molecule has 0 bridgehead atoms. The van der Waals surface area contributed by atoms with Gasteiger partial charge in [0.2, 0.25) is 0 Å². The summed E-state index contributed by atoms with van der Waals surface area (Å²) in [4.78, 5) is 22.5. The second-order valence-corrected chi connectivity index (χ2v) is 7.89. The SMILES string of the molecule is COc1ccc([N+](=O)[O-])cc1NS(=O)(=O)c1cccc(C(=O)Nc2ccccc2F)c1. The van der Waals surface area contributed by atoms with Crippen LogP contribution >= 0.6 is 0 Å². The number of rotatable bonds is 7. The molecule has 11 heteroatoms. The molecule has 0 aromatic heterocycles. The third-order valence-corrected chi connectivity index (χ3v) is 5.53. The van der Waals surface area contributed by atoms with E-state index in [1.165, 1.54) is 61.7 Å². The van der Waals surface area contributed by atoms with Crippen molar-refractivity contribution in [1.82, 2.24) is 0 Å². The first-order valence-corrected chi connectivity index (χ1v) is 10.2. The highest BCUT2D eigenvalue weighted by Crippen LogP contribution is 2.31. The summed E-state index contributed by atoms with van der Waals surface area (Å²) in [7, 11) is -2.95. The lowest BCUT2D eigenvalue weighted by atomic mass is 10.2. The minimum atomic E-state index is -4.23. The van der Waals surface area contributed by atoms with Gasteiger partial charge in [-0.05, 0) is 36.4 Å². The molecule has 0 aliphatic rings. The van der Waals surface area contributed by atoms with E-state index in [9.17, 15) is 27.7 Å². The van der Waals surface area contributed by atoms with Gasteiger partial charge in [0, 0.05) is 17.7 Å². The minimum Gasteiger partial charge on any atom is -0.495 e. The summed E-state index contributed by atoms with van der Waals surface area (Å²) < 4.78 is 46.7. The zero-order valence-corrected chi connectivity index (χ0v) is 16.9. The number of halogens is 1. The van der Waals surface area contributed by atoms with Gasteiger partial charge in [-0.25, -0.2) is 12.8 Å². The second-order valence-electron chi connectivity index (χ2n) is 6.21. The predicted octanol–water partition coefficient (Wildman–Crippen LogP) is 3.80. The molecule has 9 nitrogen and oxygen atoms in total. The highest BCUT2D eigenvalue weighted by atomic mass is 32.2. The number of nitro groups is 1. The van der Waals surface area contributed by atoms with Crippen molar-refractivity contribution in [1.29, 1.82) is 0 Å². The maximum Gasteiger partial charge on any atom is 0.271 e. The number of anilines is 2. The Morgan fingerprint density at radius 1 is 1.03 bits per heavy atom. The van der Waals surface area contributed by atoms with E-state index >= 15 is 0 Å². The zero-order chi connectivity index (χ0) is 22.6. The van der Waals surface area contributed by atoms with Crippen LogP contribution in [-0.2, 0) is 10.0 Å². The number of sulfonamides is 1. The zero-order valence-electron chi connectivity index (χ0n) is 16.0. The van der Waals surface area contributed by atoms with Gasteiger partial charge in [0.25, 0.3) is 21.6 Å². The molecule has 0 atom stereocenters. The van der Waals surface area contributed by atoms with E-state index in [0.29, 0.717) is 0 Å². The smallest absolute Gasteiger partial charge is 0.271 e. The van der Waals surface area contributed by atoms with Gasteiger partial charge in [0.15, 0.2) is 0 Å². The fourth-order valence-electron chi connectivity index (χ4n) is 2.65. The molecule has 0 saturated heterocycles. The molecule has 0 radical (unpaired) electrons. The van der Waals surface area contributed by atoms with Gasteiger partial charge in [0.1, 0.15) is 11.6 Å². The van der Waals surface area contributed by atoms with Crippen LogP contribution in [0.3, 0.4) is 0 Å². The second kappa shape index (κ2) is 8.79. The van der Waals surface area contributed by atoms with Crippen LogP contribution in [-0.4, -0.2) is 26.4 Å². The number of hydrogen-bond acceptors (Lipinski definition) is 6. The number of hydrogen-bond donors (Lipinski definition) is 2. The summed E-state index contributed by atoms with van der Waals surface area (Å²) in [6, 6.07) is 14.0. The summed E-state index contributed by atoms with van der Waals surface area (Å²) >= 11 is 0. The molecule has 0 heterocycles. The quantitative estimate of drug-likeness (QED) is 0.421. The van der Waals surface area contributed by atoms with Crippen LogP contribution in [0.5, 0.6) is 5.75 Å². The molecule has 0 unspecified atom stereocenters. The monoisotopic (exact) mass is 445 g/mol. The van der Waals surface area contributed by atoms with E-state index in [1.807, 2.05) is 0 Å². The summed E-state index contributed by atoms with van der Waals surface area (Å²) in [6.45, 7) is 0. The van der Waals surface area contributed by atoms with Gasteiger partial charge in [0.05, 0.1) is 28.3 Å². The molecule has 0 aliphatic heterocycles. The average Bonchev–Trinajstić information content (AvgIpc) is 2.75. The van der Waals surface area contributed by atoms with Crippen molar-refractivity contribution in [2.45, 2.75) is 4.90 Å². The van der Waals surface area contributed by atoms with Crippen molar-refractivity contribution in [2.75, 3.05) is 17.1 Å². The Bertz CT molecular complexity index is 1260. The van der Waals surface area contributed by atoms with Crippen molar-refractivity contribution in [3.63, 3.8) is 0 Å². The fourth-order valence-corrected chi connectivity index (χ4v) is 3.76. The summed E-state index contributed by atoms with van der Waals surface area (Å²) in [6.07, 6.45) is 0. The van der Waals surface area contributed by atoms with Crippen molar-refractivity contribution < 1.29 is 27.3 Å². The van der Waals surface area contributed by atoms with Crippen LogP contribution in [0.4, 0.5) is 21.5 Å². The standard InChI is InChI=1S/C20H16FN3O6S/c1-30-19-10-9-14(24(26)27)12-18(19)23-31(28,29)15-6-4-5-13(11-15)20(25)22-17-8-3-2-7-16(17)21/h2-12,23H,1H3,(H,22,25). The number of benzene rings is 3. The lowest BCUT2D eigenvalue weighted by molar-refractivity contribution is -0.384. The molecule has 160 valence electrons. The topological polar surface area (TPSA) is 128 Å². The number of nitro benzene ring substituents is 1. The van der Waals surface area contributed by atoms with Crippen LogP contribution < -0.4 is 14.8 Å². The molecule has 1 amide bonds.